The third-order valence-electron chi connectivity index (χ3n) is 4.42. The van der Waals surface area contributed by atoms with Crippen LogP contribution < -0.4 is 10.6 Å². The SMILES string of the molecule is CC(C)C(NC(=O)Nc1cnn(CC2CCCO2)c1)c1ccccc1. The predicted octanol–water partition coefficient (Wildman–Crippen LogP) is 3.58. The molecule has 2 atom stereocenters. The zero-order valence-corrected chi connectivity index (χ0v) is 14.8. The minimum atomic E-state index is -0.223. The van der Waals surface area contributed by atoms with Crippen molar-refractivity contribution in [2.45, 2.75) is 45.4 Å². The molecule has 2 N–H and O–H groups in total. The first-order valence-corrected chi connectivity index (χ1v) is 8.88. The molecule has 134 valence electrons. The topological polar surface area (TPSA) is 68.2 Å². The average Bonchev–Trinajstić information content (AvgIpc) is 3.26. The van der Waals surface area contributed by atoms with E-state index in [1.807, 2.05) is 41.2 Å². The van der Waals surface area contributed by atoms with E-state index in [4.69, 9.17) is 4.74 Å². The van der Waals surface area contributed by atoms with E-state index in [2.05, 4.69) is 29.6 Å². The largest absolute Gasteiger partial charge is 0.376 e. The van der Waals surface area contributed by atoms with E-state index in [1.54, 1.807) is 6.20 Å². The summed E-state index contributed by atoms with van der Waals surface area (Å²) in [5.74, 6) is 0.287. The first-order chi connectivity index (χ1) is 12.1. The molecule has 0 radical (unpaired) electrons. The van der Waals surface area contributed by atoms with Gasteiger partial charge >= 0.3 is 6.03 Å². The molecule has 6 heteroatoms. The standard InChI is InChI=1S/C19H26N4O2/c1-14(2)18(15-7-4-3-5-8-15)22-19(24)21-16-11-20-23(12-16)13-17-9-6-10-25-17/h3-5,7-8,11-12,14,17-18H,6,9-10,13H2,1-2H3,(H2,21,22,24). The number of rotatable bonds is 6. The monoisotopic (exact) mass is 342 g/mol. The van der Waals surface area contributed by atoms with Crippen molar-refractivity contribution in [1.29, 1.82) is 0 Å². The van der Waals surface area contributed by atoms with Gasteiger partial charge < -0.3 is 15.4 Å². The van der Waals surface area contributed by atoms with Crippen LogP contribution in [0.1, 0.15) is 38.3 Å². The first-order valence-electron chi connectivity index (χ1n) is 8.88. The van der Waals surface area contributed by atoms with Crippen molar-refractivity contribution in [2.75, 3.05) is 11.9 Å². The van der Waals surface area contributed by atoms with E-state index in [0.717, 1.165) is 31.6 Å². The Morgan fingerprint density at radius 2 is 2.16 bits per heavy atom. The molecule has 1 saturated heterocycles. The molecule has 1 aliphatic heterocycles. The molecule has 1 fully saturated rings. The Kier molecular flexibility index (Phi) is 5.71. The lowest BCUT2D eigenvalue weighted by Crippen LogP contribution is -2.35. The molecule has 2 aromatic rings. The molecule has 0 bridgehead atoms. The molecule has 1 aliphatic rings. The molecular formula is C19H26N4O2. The van der Waals surface area contributed by atoms with Crippen LogP contribution in [0.25, 0.3) is 0 Å². The summed E-state index contributed by atoms with van der Waals surface area (Å²) in [6.45, 7) is 5.74. The molecule has 25 heavy (non-hydrogen) atoms. The summed E-state index contributed by atoms with van der Waals surface area (Å²) in [4.78, 5) is 12.4. The van der Waals surface area contributed by atoms with Crippen molar-refractivity contribution >= 4 is 11.7 Å². The molecule has 2 unspecified atom stereocenters. The Labute approximate surface area is 148 Å². The van der Waals surface area contributed by atoms with Gasteiger partial charge in [0, 0.05) is 12.8 Å². The minimum absolute atomic E-state index is 0.0388. The molecule has 0 saturated carbocycles. The van der Waals surface area contributed by atoms with E-state index in [-0.39, 0.29) is 24.1 Å². The van der Waals surface area contributed by atoms with E-state index in [9.17, 15) is 4.79 Å². The van der Waals surface area contributed by atoms with Gasteiger partial charge in [0.2, 0.25) is 0 Å². The number of hydrogen-bond donors (Lipinski definition) is 2. The van der Waals surface area contributed by atoms with Gasteiger partial charge in [-0.3, -0.25) is 4.68 Å². The third-order valence-corrected chi connectivity index (χ3v) is 4.42. The smallest absolute Gasteiger partial charge is 0.319 e. The molecule has 6 nitrogen and oxygen atoms in total. The number of anilines is 1. The van der Waals surface area contributed by atoms with Crippen LogP contribution in [0.15, 0.2) is 42.7 Å². The number of carbonyl (C=O) groups is 1. The van der Waals surface area contributed by atoms with Gasteiger partial charge in [0.25, 0.3) is 0 Å². The number of hydrogen-bond acceptors (Lipinski definition) is 3. The van der Waals surface area contributed by atoms with Crippen LogP contribution in [0.2, 0.25) is 0 Å². The summed E-state index contributed by atoms with van der Waals surface area (Å²) < 4.78 is 7.44. The van der Waals surface area contributed by atoms with Crippen LogP contribution >= 0.6 is 0 Å². The molecule has 1 aromatic heterocycles. The summed E-state index contributed by atoms with van der Waals surface area (Å²) in [6, 6.07) is 9.75. The Morgan fingerprint density at radius 3 is 2.84 bits per heavy atom. The van der Waals surface area contributed by atoms with Gasteiger partial charge in [0.05, 0.1) is 30.6 Å². The van der Waals surface area contributed by atoms with E-state index in [0.29, 0.717) is 5.69 Å². The fraction of sp³-hybridized carbons (Fsp3) is 0.474. The van der Waals surface area contributed by atoms with Crippen molar-refractivity contribution in [3.63, 3.8) is 0 Å². The number of ether oxygens (including phenoxy) is 1. The number of aromatic nitrogens is 2. The lowest BCUT2D eigenvalue weighted by atomic mass is 9.96. The highest BCUT2D eigenvalue weighted by Gasteiger charge is 2.19. The van der Waals surface area contributed by atoms with Crippen molar-refractivity contribution in [1.82, 2.24) is 15.1 Å². The average molecular weight is 342 g/mol. The van der Waals surface area contributed by atoms with Gasteiger partial charge in [-0.1, -0.05) is 44.2 Å². The van der Waals surface area contributed by atoms with Gasteiger partial charge in [0.15, 0.2) is 0 Å². The van der Waals surface area contributed by atoms with Gasteiger partial charge in [-0.05, 0) is 24.3 Å². The summed E-state index contributed by atoms with van der Waals surface area (Å²) in [5, 5.41) is 10.2. The lowest BCUT2D eigenvalue weighted by molar-refractivity contribution is 0.0940. The maximum absolute atomic E-state index is 12.4. The number of carbonyl (C=O) groups excluding carboxylic acids is 1. The maximum Gasteiger partial charge on any atom is 0.319 e. The van der Waals surface area contributed by atoms with Gasteiger partial charge in [-0.2, -0.15) is 5.10 Å². The molecule has 1 aromatic carbocycles. The molecular weight excluding hydrogens is 316 g/mol. The number of nitrogens with zero attached hydrogens (tertiary/aromatic N) is 2. The van der Waals surface area contributed by atoms with Crippen LogP contribution in [-0.2, 0) is 11.3 Å². The van der Waals surface area contributed by atoms with Gasteiger partial charge in [-0.25, -0.2) is 4.79 Å². The fourth-order valence-electron chi connectivity index (χ4n) is 3.13. The normalized spacial score (nSPS) is 18.3. The zero-order chi connectivity index (χ0) is 17.6. The molecule has 2 amide bonds. The van der Waals surface area contributed by atoms with Crippen molar-refractivity contribution in [3.8, 4) is 0 Å². The molecule has 0 spiro atoms. The summed E-state index contributed by atoms with van der Waals surface area (Å²) in [6.07, 6.45) is 5.91. The van der Waals surface area contributed by atoms with E-state index < -0.39 is 0 Å². The molecule has 0 aliphatic carbocycles. The van der Waals surface area contributed by atoms with Crippen molar-refractivity contribution in [3.05, 3.63) is 48.3 Å². The minimum Gasteiger partial charge on any atom is -0.376 e. The summed E-state index contributed by atoms with van der Waals surface area (Å²) in [7, 11) is 0. The predicted molar refractivity (Wildman–Crippen MR) is 97.4 cm³/mol. The molecule has 2 heterocycles. The fourth-order valence-corrected chi connectivity index (χ4v) is 3.13. The van der Waals surface area contributed by atoms with Crippen LogP contribution in [0.3, 0.4) is 0 Å². The van der Waals surface area contributed by atoms with Crippen molar-refractivity contribution < 1.29 is 9.53 Å². The van der Waals surface area contributed by atoms with Crippen LogP contribution in [0.5, 0.6) is 0 Å². The second kappa shape index (κ2) is 8.16. The number of urea groups is 1. The summed E-state index contributed by atoms with van der Waals surface area (Å²) in [5.41, 5.74) is 1.78. The number of nitrogens with one attached hydrogen (secondary N) is 2. The van der Waals surface area contributed by atoms with Crippen LogP contribution in [-0.4, -0.2) is 28.5 Å². The Bertz CT molecular complexity index is 678. The second-order valence-electron chi connectivity index (χ2n) is 6.82. The quantitative estimate of drug-likeness (QED) is 0.843. The zero-order valence-electron chi connectivity index (χ0n) is 14.8. The molecule has 3 rings (SSSR count). The second-order valence-corrected chi connectivity index (χ2v) is 6.82. The summed E-state index contributed by atoms with van der Waals surface area (Å²) >= 11 is 0. The Morgan fingerprint density at radius 1 is 1.36 bits per heavy atom. The van der Waals surface area contributed by atoms with E-state index >= 15 is 0 Å². The number of amides is 2. The lowest BCUT2D eigenvalue weighted by Gasteiger charge is -2.22. The third kappa shape index (κ3) is 4.82. The Balaban J connectivity index is 1.57. The highest BCUT2D eigenvalue weighted by Crippen LogP contribution is 2.21. The highest BCUT2D eigenvalue weighted by molar-refractivity contribution is 5.89. The van der Waals surface area contributed by atoms with Crippen molar-refractivity contribution in [2.24, 2.45) is 5.92 Å². The van der Waals surface area contributed by atoms with Crippen LogP contribution in [0.4, 0.5) is 10.5 Å². The van der Waals surface area contributed by atoms with Gasteiger partial charge in [-0.15, -0.1) is 0 Å². The number of benzene rings is 1. The van der Waals surface area contributed by atoms with E-state index in [1.165, 1.54) is 0 Å². The first kappa shape index (κ1) is 17.5. The Hall–Kier alpha value is -2.34. The van der Waals surface area contributed by atoms with Crippen LogP contribution in [0, 0.1) is 5.92 Å². The van der Waals surface area contributed by atoms with Gasteiger partial charge in [0.1, 0.15) is 0 Å². The maximum atomic E-state index is 12.4. The highest BCUT2D eigenvalue weighted by atomic mass is 16.5.